The van der Waals surface area contributed by atoms with Crippen LogP contribution in [0.25, 0.3) is 0 Å². The maximum atomic E-state index is 7.33. The Hall–Kier alpha value is 1.88. The molecule has 0 aliphatic heterocycles. The maximum absolute atomic E-state index is 7.33. The van der Waals surface area contributed by atoms with E-state index in [0.717, 1.165) is 0 Å². The van der Waals surface area contributed by atoms with Gasteiger partial charge in [-0.15, -0.1) is 0 Å². The quantitative estimate of drug-likeness (QED) is 0.345. The van der Waals surface area contributed by atoms with E-state index >= 15 is 0 Å². The van der Waals surface area contributed by atoms with Crippen LogP contribution in [0.3, 0.4) is 0 Å². The van der Waals surface area contributed by atoms with E-state index in [-0.39, 0.29) is 54.4 Å². The van der Waals surface area contributed by atoms with Crippen molar-refractivity contribution in [2.24, 2.45) is 0 Å². The summed E-state index contributed by atoms with van der Waals surface area (Å²) >= 11 is 0. The van der Waals surface area contributed by atoms with E-state index in [2.05, 4.69) is 0 Å². The van der Waals surface area contributed by atoms with Crippen molar-refractivity contribution in [2.75, 3.05) is 0 Å². The van der Waals surface area contributed by atoms with Crippen LogP contribution in [0.5, 0.6) is 0 Å². The first-order valence-corrected chi connectivity index (χ1v) is 2.68. The van der Waals surface area contributed by atoms with E-state index in [1.807, 2.05) is 0 Å². The van der Waals surface area contributed by atoms with Gasteiger partial charge in [0.05, 0.1) is 0 Å². The molecule has 4 nitrogen and oxygen atoms in total. The van der Waals surface area contributed by atoms with E-state index in [0.29, 0.717) is 0 Å². The smallest absolute Gasteiger partial charge is 0.368 e. The van der Waals surface area contributed by atoms with Crippen LogP contribution in [0.2, 0.25) is 0 Å². The third-order valence-corrected chi connectivity index (χ3v) is 0. The Morgan fingerprint density at radius 2 is 0.857 bits per heavy atom. The summed E-state index contributed by atoms with van der Waals surface area (Å²) in [4.78, 5) is 29.3. The van der Waals surface area contributed by atoms with Gasteiger partial charge in [0.25, 0.3) is 0 Å². The molecule has 4 N–H and O–H groups in total. The van der Waals surface area contributed by atoms with Crippen LogP contribution in [0.4, 0.5) is 0 Å². The van der Waals surface area contributed by atoms with Gasteiger partial charge in [0.1, 0.15) is 0 Å². The topological polar surface area (TPSA) is 80.9 Å². The summed E-state index contributed by atoms with van der Waals surface area (Å²) in [5.74, 6) is 0. The Morgan fingerprint density at radius 1 is 0.857 bits per heavy atom. The second kappa shape index (κ2) is 6.00. The van der Waals surface area contributed by atoms with Gasteiger partial charge in [0, 0.05) is 54.4 Å². The predicted molar refractivity (Wildman–Crippen MR) is 14.6 cm³/mol. The Balaban J connectivity index is -0.0000000800. The minimum Gasteiger partial charge on any atom is -0.368 e. The van der Waals surface area contributed by atoms with Crippen molar-refractivity contribution in [1.29, 1.82) is 0 Å². The Morgan fingerprint density at radius 3 is 0.857 bits per heavy atom. The van der Waals surface area contributed by atoms with E-state index in [1.165, 1.54) is 0 Å². The predicted octanol–water partition coefficient (Wildman–Crippen LogP) is -2.61. The van der Waals surface area contributed by atoms with Gasteiger partial charge in [-0.25, -0.2) is 0 Å². The van der Waals surface area contributed by atoms with Gasteiger partial charge < -0.3 is 19.2 Å². The van der Waals surface area contributed by atoms with Crippen molar-refractivity contribution in [3.8, 4) is 0 Å². The summed E-state index contributed by atoms with van der Waals surface area (Å²) < 4.78 is 0. The zero-order valence-corrected chi connectivity index (χ0v) is 8.77. The molecule has 0 heterocycles. The fourth-order valence-corrected chi connectivity index (χ4v) is 0. The van der Waals surface area contributed by atoms with E-state index < -0.39 is 9.05 Å². The summed E-state index contributed by atoms with van der Waals surface area (Å²) in [6.45, 7) is 0. The molecule has 0 fully saturated rings. The molecule has 0 saturated carbocycles. The number of hydrogen-bond donors (Lipinski definition) is 4. The van der Waals surface area contributed by atoms with Crippen molar-refractivity contribution in [1.82, 2.24) is 0 Å². The minimum atomic E-state index is -4.61. The standard InChI is InChI=1S/H4O4Si.Ti.Y/c1-5(2,3)4;;/h1-4H;;. The molecule has 0 unspecified atom stereocenters. The monoisotopic (exact) mass is 233 g/mol. The average molecular weight is 233 g/mol. The van der Waals surface area contributed by atoms with Crippen molar-refractivity contribution in [2.45, 2.75) is 0 Å². The molecule has 0 aromatic rings. The van der Waals surface area contributed by atoms with Gasteiger partial charge in [0.15, 0.2) is 0 Å². The third-order valence-electron chi connectivity index (χ3n) is 0. The van der Waals surface area contributed by atoms with E-state index in [1.54, 1.807) is 0 Å². The molecule has 39 valence electrons. The van der Waals surface area contributed by atoms with Crippen LogP contribution in [0, 0.1) is 0 Å². The molecule has 0 aliphatic carbocycles. The molecule has 0 aromatic carbocycles. The average Bonchev–Trinajstić information content (AvgIpc) is 0.722. The van der Waals surface area contributed by atoms with Gasteiger partial charge in [-0.3, -0.25) is 0 Å². The van der Waals surface area contributed by atoms with Crippen molar-refractivity contribution in [3.63, 3.8) is 0 Å². The van der Waals surface area contributed by atoms with Crippen LogP contribution in [0.1, 0.15) is 0 Å². The SMILES string of the molecule is O[Si](O)(O)O.[Ti].[Y]. The molecule has 7 heavy (non-hydrogen) atoms. The molecule has 0 aromatic heterocycles. The van der Waals surface area contributed by atoms with Crippen LogP contribution < -0.4 is 0 Å². The molecule has 0 aliphatic rings. The number of rotatable bonds is 0. The van der Waals surface area contributed by atoms with Crippen LogP contribution in [-0.2, 0) is 54.4 Å². The largest absolute Gasteiger partial charge is 0.668 e. The van der Waals surface area contributed by atoms with Crippen LogP contribution in [0.15, 0.2) is 0 Å². The van der Waals surface area contributed by atoms with Crippen molar-refractivity contribution in [3.05, 3.63) is 0 Å². The maximum Gasteiger partial charge on any atom is 0.668 e. The first kappa shape index (κ1) is 15.9. The normalized spacial score (nSPS) is 8.57. The molecule has 0 atom stereocenters. The Bertz CT molecular complexity index is 27.2. The molecule has 1 radical (unpaired) electrons. The van der Waals surface area contributed by atoms with Gasteiger partial charge in [0.2, 0.25) is 0 Å². The van der Waals surface area contributed by atoms with Gasteiger partial charge >= 0.3 is 9.05 Å². The van der Waals surface area contributed by atoms with Gasteiger partial charge in [-0.2, -0.15) is 0 Å². The summed E-state index contributed by atoms with van der Waals surface area (Å²) in [5.41, 5.74) is 0. The third kappa shape index (κ3) is 77.3. The summed E-state index contributed by atoms with van der Waals surface area (Å²) in [6, 6.07) is 0. The fraction of sp³-hybridized carbons (Fsp3) is 0. The van der Waals surface area contributed by atoms with E-state index in [9.17, 15) is 0 Å². The zero-order valence-electron chi connectivity index (χ0n) is 3.37. The molecule has 0 rings (SSSR count). The molecule has 0 amide bonds. The molecule has 7 heteroatoms. The Kier molecular flexibility index (Phi) is 13.7. The van der Waals surface area contributed by atoms with Gasteiger partial charge in [-0.05, 0) is 0 Å². The van der Waals surface area contributed by atoms with Crippen LogP contribution >= 0.6 is 0 Å². The summed E-state index contributed by atoms with van der Waals surface area (Å²) in [5, 5.41) is 0. The molecular weight excluding hydrogens is 229 g/mol. The molecule has 0 bridgehead atoms. The fourth-order valence-electron chi connectivity index (χ4n) is 0. The first-order valence-electron chi connectivity index (χ1n) is 0.894. The zero-order chi connectivity index (χ0) is 4.50. The summed E-state index contributed by atoms with van der Waals surface area (Å²) in [7, 11) is -4.61. The van der Waals surface area contributed by atoms with Gasteiger partial charge in [-0.1, -0.05) is 0 Å². The second-order valence-electron chi connectivity index (χ2n) is 0.600. The molecule has 0 spiro atoms. The van der Waals surface area contributed by atoms with Crippen LogP contribution in [-0.4, -0.2) is 28.2 Å². The first-order chi connectivity index (χ1) is 2.00. The van der Waals surface area contributed by atoms with E-state index in [4.69, 9.17) is 19.2 Å². The Labute approximate surface area is 81.8 Å². The minimum absolute atomic E-state index is 0. The van der Waals surface area contributed by atoms with Crippen molar-refractivity contribution < 1.29 is 73.6 Å². The van der Waals surface area contributed by atoms with Crippen molar-refractivity contribution >= 4 is 9.05 Å². The summed E-state index contributed by atoms with van der Waals surface area (Å²) in [6.07, 6.45) is 0. The number of hydrogen-bond acceptors (Lipinski definition) is 4. The second-order valence-corrected chi connectivity index (χ2v) is 1.80. The molecule has 0 saturated heterocycles. The molecular formula is H4O4SiTiY.